The van der Waals surface area contributed by atoms with E-state index in [2.05, 4.69) is 12.2 Å². The number of Topliss-reactive ketones (excluding diaryl/α,β-unsaturated/α-hetero) is 1. The summed E-state index contributed by atoms with van der Waals surface area (Å²) in [6.07, 6.45) is 6.32. The van der Waals surface area contributed by atoms with Crippen LogP contribution in [0, 0.1) is 11.8 Å². The van der Waals surface area contributed by atoms with E-state index < -0.39 is 6.10 Å². The van der Waals surface area contributed by atoms with E-state index in [1.165, 1.54) is 7.11 Å². The van der Waals surface area contributed by atoms with Crippen LogP contribution in [0.4, 0.5) is 0 Å². The van der Waals surface area contributed by atoms with Crippen LogP contribution in [-0.2, 0) is 14.3 Å². The lowest BCUT2D eigenvalue weighted by atomic mass is 9.85. The number of ether oxygens (including phenoxy) is 1. The number of ketones is 1. The van der Waals surface area contributed by atoms with Crippen LogP contribution >= 0.6 is 0 Å². The summed E-state index contributed by atoms with van der Waals surface area (Å²) in [6, 6.07) is 0. The van der Waals surface area contributed by atoms with Gasteiger partial charge >= 0.3 is 5.97 Å². The van der Waals surface area contributed by atoms with Crippen molar-refractivity contribution in [1.29, 1.82) is 0 Å². The van der Waals surface area contributed by atoms with Crippen molar-refractivity contribution in [3.63, 3.8) is 0 Å². The zero-order chi connectivity index (χ0) is 32.3. The summed E-state index contributed by atoms with van der Waals surface area (Å²) >= 11 is 0. The minimum Gasteiger partial charge on any atom is -0.515 e. The van der Waals surface area contributed by atoms with E-state index in [0.717, 1.165) is 51.2 Å². The Bertz CT molecular complexity index is 1800. The van der Waals surface area contributed by atoms with Crippen molar-refractivity contribution in [1.82, 2.24) is 5.32 Å². The highest BCUT2D eigenvalue weighted by atomic mass is 16.5. The Labute approximate surface area is 263 Å². The van der Waals surface area contributed by atoms with Gasteiger partial charge in [-0.2, -0.15) is 0 Å². The summed E-state index contributed by atoms with van der Waals surface area (Å²) < 4.78 is 4.98. The third-order valence-corrected chi connectivity index (χ3v) is 9.87. The SMILES string of the molecule is CCC1=C2C(=O)CC3=C4NC(=C(C)C5=NC(=CC6=NC(=C(CC)/C6=C\O)C=C1N=C32)C(C(C)O)=C5C)[C@@H](C)[C@@H]4CCC(=O)OC. The monoisotopic (exact) mass is 608 g/mol. The molecule has 8 bridgehead atoms. The number of aliphatic hydroxyl groups is 2. The number of allylic oxidation sites excluding steroid dienone is 11. The number of aliphatic imine (C=N–C) groups is 3. The molecule has 5 aliphatic heterocycles. The van der Waals surface area contributed by atoms with Gasteiger partial charge in [0.15, 0.2) is 5.78 Å². The van der Waals surface area contributed by atoms with Crippen molar-refractivity contribution in [3.8, 4) is 0 Å². The molecule has 2 fully saturated rings. The predicted octanol–water partition coefficient (Wildman–Crippen LogP) is 5.95. The van der Waals surface area contributed by atoms with Crippen molar-refractivity contribution in [3.05, 3.63) is 91.5 Å². The Balaban J connectivity index is 1.66. The Morgan fingerprint density at radius 1 is 1.07 bits per heavy atom. The Kier molecular flexibility index (Phi) is 7.85. The molecule has 1 unspecified atom stereocenters. The molecule has 1 saturated carbocycles. The molecule has 9 nitrogen and oxygen atoms in total. The number of hydrogen-bond acceptors (Lipinski definition) is 9. The van der Waals surface area contributed by atoms with Crippen LogP contribution in [0.25, 0.3) is 0 Å². The van der Waals surface area contributed by atoms with Gasteiger partial charge < -0.3 is 20.3 Å². The Morgan fingerprint density at radius 3 is 2.42 bits per heavy atom. The number of rotatable bonds is 6. The fraction of sp³-hybridized carbons (Fsp3) is 0.417. The normalized spacial score (nSPS) is 25.7. The molecular weight excluding hydrogens is 568 g/mol. The summed E-state index contributed by atoms with van der Waals surface area (Å²) in [5.41, 5.74) is 12.2. The fourth-order valence-corrected chi connectivity index (χ4v) is 7.64. The smallest absolute Gasteiger partial charge is 0.305 e. The van der Waals surface area contributed by atoms with Crippen molar-refractivity contribution in [2.45, 2.75) is 79.8 Å². The van der Waals surface area contributed by atoms with Crippen LogP contribution in [0.5, 0.6) is 0 Å². The van der Waals surface area contributed by atoms with E-state index in [0.29, 0.717) is 64.5 Å². The summed E-state index contributed by atoms with van der Waals surface area (Å²) in [5.74, 6) is -0.323. The molecule has 0 spiro atoms. The van der Waals surface area contributed by atoms with Gasteiger partial charge in [-0.05, 0) is 74.5 Å². The number of carbonyl (C=O) groups excluding carboxylic acids is 2. The van der Waals surface area contributed by atoms with Crippen molar-refractivity contribution >= 4 is 28.9 Å². The molecule has 3 N–H and O–H groups in total. The van der Waals surface area contributed by atoms with E-state index in [1.807, 2.05) is 39.8 Å². The lowest BCUT2D eigenvalue weighted by molar-refractivity contribution is -0.140. The highest BCUT2D eigenvalue weighted by Crippen LogP contribution is 2.47. The molecule has 45 heavy (non-hydrogen) atoms. The highest BCUT2D eigenvalue weighted by Gasteiger charge is 2.44. The molecule has 9 heteroatoms. The summed E-state index contributed by atoms with van der Waals surface area (Å²) in [6.45, 7) is 11.9. The van der Waals surface area contributed by atoms with E-state index in [9.17, 15) is 19.8 Å². The van der Waals surface area contributed by atoms with Crippen LogP contribution in [-0.4, -0.2) is 52.3 Å². The van der Waals surface area contributed by atoms with Gasteiger partial charge in [0.05, 0.1) is 53.7 Å². The molecule has 0 amide bonds. The fourth-order valence-electron chi connectivity index (χ4n) is 7.64. The first-order valence-electron chi connectivity index (χ1n) is 15.8. The van der Waals surface area contributed by atoms with Crippen LogP contribution in [0.2, 0.25) is 0 Å². The van der Waals surface area contributed by atoms with Gasteiger partial charge in [0.2, 0.25) is 0 Å². The lowest BCUT2D eigenvalue weighted by Crippen LogP contribution is -2.15. The molecule has 6 rings (SSSR count). The third kappa shape index (κ3) is 4.76. The molecule has 0 aromatic carbocycles. The zero-order valence-corrected chi connectivity index (χ0v) is 27.0. The number of fused-ring (bicyclic) bond motifs is 5. The molecular formula is C36H40N4O5. The highest BCUT2D eigenvalue weighted by molar-refractivity contribution is 6.38. The van der Waals surface area contributed by atoms with Gasteiger partial charge in [0, 0.05) is 58.4 Å². The standard InChI is InChI=1S/C36H40N4O5/c1-8-20-24(15-41)27-14-28-31(19(6)42)17(4)34(39-28)18(5)33-16(3)22(10-11-30(44)45-7)35(40-33)23-12-29(43)32-21(9-2)26(38-36(23)32)13-25(20)37-27/h13-16,19,22,40-42H,8-12H2,1-7H3/b24-15+,26-13?,28-14?,33-18?,35-23?/t16-,19?,22-/m0/s1. The molecule has 0 aromatic heterocycles. The van der Waals surface area contributed by atoms with Gasteiger partial charge in [-0.3, -0.25) is 9.59 Å². The third-order valence-electron chi connectivity index (χ3n) is 9.87. The largest absolute Gasteiger partial charge is 0.515 e. The first-order chi connectivity index (χ1) is 21.5. The lowest BCUT2D eigenvalue weighted by Gasteiger charge is -2.17. The van der Waals surface area contributed by atoms with Crippen molar-refractivity contribution < 1.29 is 24.5 Å². The maximum absolute atomic E-state index is 13.7. The second-order valence-electron chi connectivity index (χ2n) is 12.3. The minimum absolute atomic E-state index is 0.0151. The second-order valence-corrected chi connectivity index (χ2v) is 12.3. The van der Waals surface area contributed by atoms with Gasteiger partial charge in [-0.25, -0.2) is 15.0 Å². The summed E-state index contributed by atoms with van der Waals surface area (Å²) in [5, 5.41) is 25.0. The van der Waals surface area contributed by atoms with Crippen LogP contribution < -0.4 is 5.32 Å². The predicted molar refractivity (Wildman–Crippen MR) is 175 cm³/mol. The number of aliphatic hydroxyl groups excluding tert-OH is 2. The Hall–Kier alpha value is -4.37. The second kappa shape index (κ2) is 11.5. The number of esters is 1. The van der Waals surface area contributed by atoms with Crippen LogP contribution in [0.3, 0.4) is 0 Å². The molecule has 6 aliphatic rings. The Morgan fingerprint density at radius 2 is 1.78 bits per heavy atom. The summed E-state index contributed by atoms with van der Waals surface area (Å²) in [4.78, 5) is 41.0. The molecule has 5 heterocycles. The van der Waals surface area contributed by atoms with E-state index in [4.69, 9.17) is 19.7 Å². The van der Waals surface area contributed by atoms with E-state index in [-0.39, 0.29) is 36.4 Å². The maximum atomic E-state index is 13.7. The average molecular weight is 609 g/mol. The zero-order valence-electron chi connectivity index (χ0n) is 27.0. The molecule has 0 aromatic rings. The van der Waals surface area contributed by atoms with Gasteiger partial charge in [-0.1, -0.05) is 20.8 Å². The number of methoxy groups -OCH3 is 1. The molecule has 1 aliphatic carbocycles. The topological polar surface area (TPSA) is 133 Å². The molecule has 1 saturated heterocycles. The van der Waals surface area contributed by atoms with E-state index in [1.54, 1.807) is 6.92 Å². The number of nitrogens with one attached hydrogen (secondary N) is 1. The van der Waals surface area contributed by atoms with Gasteiger partial charge in [0.1, 0.15) is 0 Å². The maximum Gasteiger partial charge on any atom is 0.305 e. The minimum atomic E-state index is -0.785. The molecule has 3 atom stereocenters. The quantitative estimate of drug-likeness (QED) is 0.252. The first-order valence-corrected chi connectivity index (χ1v) is 15.8. The average Bonchev–Trinajstić information content (AvgIpc) is 3.79. The van der Waals surface area contributed by atoms with Crippen LogP contribution in [0.1, 0.15) is 73.6 Å². The number of nitrogens with zero attached hydrogens (tertiary/aromatic N) is 3. The van der Waals surface area contributed by atoms with Gasteiger partial charge in [-0.15, -0.1) is 0 Å². The molecule has 234 valence electrons. The van der Waals surface area contributed by atoms with Gasteiger partial charge in [0.25, 0.3) is 0 Å². The van der Waals surface area contributed by atoms with Crippen molar-refractivity contribution in [2.24, 2.45) is 26.8 Å². The number of hydrogen-bond donors (Lipinski definition) is 3. The number of carbonyl (C=O) groups is 2. The van der Waals surface area contributed by atoms with Crippen molar-refractivity contribution in [2.75, 3.05) is 7.11 Å². The van der Waals surface area contributed by atoms with Crippen LogP contribution in [0.15, 0.2) is 106 Å². The first kappa shape index (κ1) is 30.6. The van der Waals surface area contributed by atoms with E-state index >= 15 is 0 Å². The molecule has 0 radical (unpaired) electrons. The summed E-state index contributed by atoms with van der Waals surface area (Å²) in [7, 11) is 1.40.